The third-order valence-corrected chi connectivity index (χ3v) is 2.46. The molecular weight excluding hydrogens is 152 g/mol. The van der Waals surface area contributed by atoms with Crippen LogP contribution in [0.15, 0.2) is 0 Å². The summed E-state index contributed by atoms with van der Waals surface area (Å²) in [7, 11) is 0. The van der Waals surface area contributed by atoms with Crippen LogP contribution >= 0.6 is 0 Å². The fraction of sp³-hybridized carbons (Fsp3) is 1.00. The molecular formula is C10H20O2. The van der Waals surface area contributed by atoms with E-state index in [4.69, 9.17) is 9.47 Å². The van der Waals surface area contributed by atoms with E-state index < -0.39 is 0 Å². The lowest BCUT2D eigenvalue weighted by Gasteiger charge is -2.33. The van der Waals surface area contributed by atoms with Gasteiger partial charge in [-0.3, -0.25) is 0 Å². The number of rotatable bonds is 6. The Bertz CT molecular complexity index is 114. The van der Waals surface area contributed by atoms with Gasteiger partial charge in [0, 0.05) is 12.5 Å². The Hall–Kier alpha value is -0.0800. The second kappa shape index (κ2) is 5.55. The van der Waals surface area contributed by atoms with Crippen molar-refractivity contribution in [3.63, 3.8) is 0 Å². The maximum Gasteiger partial charge on any atom is 0.0619 e. The van der Waals surface area contributed by atoms with Gasteiger partial charge in [0.05, 0.1) is 19.3 Å². The highest BCUT2D eigenvalue weighted by molar-refractivity contribution is 4.73. The SMILES string of the molecule is CCCCCOCC1COC1C. The van der Waals surface area contributed by atoms with Gasteiger partial charge >= 0.3 is 0 Å². The van der Waals surface area contributed by atoms with Crippen molar-refractivity contribution in [3.05, 3.63) is 0 Å². The van der Waals surface area contributed by atoms with Crippen molar-refractivity contribution in [2.24, 2.45) is 5.92 Å². The predicted octanol–water partition coefficient (Wildman–Crippen LogP) is 2.23. The van der Waals surface area contributed by atoms with Gasteiger partial charge in [0.1, 0.15) is 0 Å². The molecule has 2 unspecified atom stereocenters. The van der Waals surface area contributed by atoms with Crippen LogP contribution in [0, 0.1) is 5.92 Å². The molecule has 12 heavy (non-hydrogen) atoms. The molecule has 0 aliphatic carbocycles. The first-order valence-electron chi connectivity index (χ1n) is 5.04. The minimum atomic E-state index is 0.427. The summed E-state index contributed by atoms with van der Waals surface area (Å²) in [6, 6.07) is 0. The second-order valence-corrected chi connectivity index (χ2v) is 3.58. The number of hydrogen-bond donors (Lipinski definition) is 0. The molecule has 0 spiro atoms. The highest BCUT2D eigenvalue weighted by Gasteiger charge is 2.27. The average Bonchev–Trinajstić information content (AvgIpc) is 2.08. The molecule has 2 atom stereocenters. The van der Waals surface area contributed by atoms with Gasteiger partial charge in [-0.2, -0.15) is 0 Å². The van der Waals surface area contributed by atoms with E-state index in [9.17, 15) is 0 Å². The van der Waals surface area contributed by atoms with Crippen molar-refractivity contribution in [3.8, 4) is 0 Å². The Morgan fingerprint density at radius 2 is 2.25 bits per heavy atom. The van der Waals surface area contributed by atoms with Gasteiger partial charge in [-0.05, 0) is 13.3 Å². The van der Waals surface area contributed by atoms with Crippen molar-refractivity contribution in [2.45, 2.75) is 39.2 Å². The van der Waals surface area contributed by atoms with Crippen molar-refractivity contribution in [1.82, 2.24) is 0 Å². The Balaban J connectivity index is 1.82. The second-order valence-electron chi connectivity index (χ2n) is 3.58. The zero-order chi connectivity index (χ0) is 8.81. The van der Waals surface area contributed by atoms with Gasteiger partial charge in [0.15, 0.2) is 0 Å². The summed E-state index contributed by atoms with van der Waals surface area (Å²) in [6.45, 7) is 7.04. The summed E-state index contributed by atoms with van der Waals surface area (Å²) in [6.07, 6.45) is 4.19. The summed E-state index contributed by atoms with van der Waals surface area (Å²) in [4.78, 5) is 0. The Labute approximate surface area is 75.2 Å². The molecule has 0 N–H and O–H groups in total. The molecule has 0 radical (unpaired) electrons. The molecule has 1 saturated heterocycles. The molecule has 0 aromatic rings. The smallest absolute Gasteiger partial charge is 0.0619 e. The van der Waals surface area contributed by atoms with E-state index in [-0.39, 0.29) is 0 Å². The molecule has 72 valence electrons. The van der Waals surface area contributed by atoms with E-state index in [0.717, 1.165) is 19.8 Å². The van der Waals surface area contributed by atoms with Crippen LogP contribution in [0.1, 0.15) is 33.1 Å². The van der Waals surface area contributed by atoms with E-state index in [1.165, 1.54) is 19.3 Å². The Kier molecular flexibility index (Phi) is 4.62. The highest BCUT2D eigenvalue weighted by Crippen LogP contribution is 2.19. The normalized spacial score (nSPS) is 28.5. The molecule has 0 aromatic carbocycles. The van der Waals surface area contributed by atoms with Gasteiger partial charge in [-0.25, -0.2) is 0 Å². The molecule has 0 saturated carbocycles. The zero-order valence-corrected chi connectivity index (χ0v) is 8.21. The fourth-order valence-corrected chi connectivity index (χ4v) is 1.30. The highest BCUT2D eigenvalue weighted by atomic mass is 16.5. The van der Waals surface area contributed by atoms with Crippen LogP contribution in [0.3, 0.4) is 0 Å². The predicted molar refractivity (Wildman–Crippen MR) is 49.2 cm³/mol. The third kappa shape index (κ3) is 3.11. The van der Waals surface area contributed by atoms with E-state index in [2.05, 4.69) is 13.8 Å². The fourth-order valence-electron chi connectivity index (χ4n) is 1.30. The molecule has 2 heteroatoms. The van der Waals surface area contributed by atoms with Crippen LogP contribution < -0.4 is 0 Å². The van der Waals surface area contributed by atoms with Gasteiger partial charge in [-0.1, -0.05) is 19.8 Å². The van der Waals surface area contributed by atoms with Crippen LogP contribution in [-0.4, -0.2) is 25.9 Å². The largest absolute Gasteiger partial charge is 0.381 e. The minimum absolute atomic E-state index is 0.427. The molecule has 1 rings (SSSR count). The van der Waals surface area contributed by atoms with Crippen molar-refractivity contribution >= 4 is 0 Å². The standard InChI is InChI=1S/C10H20O2/c1-3-4-5-6-11-7-10-8-12-9(10)2/h9-10H,3-8H2,1-2H3. The van der Waals surface area contributed by atoms with Crippen LogP contribution in [-0.2, 0) is 9.47 Å². The topological polar surface area (TPSA) is 18.5 Å². The summed E-state index contributed by atoms with van der Waals surface area (Å²) in [5, 5.41) is 0. The summed E-state index contributed by atoms with van der Waals surface area (Å²) in [5.41, 5.74) is 0. The van der Waals surface area contributed by atoms with Crippen molar-refractivity contribution < 1.29 is 9.47 Å². The van der Waals surface area contributed by atoms with E-state index in [0.29, 0.717) is 12.0 Å². The maximum atomic E-state index is 5.53. The van der Waals surface area contributed by atoms with Gasteiger partial charge < -0.3 is 9.47 Å². The number of hydrogen-bond acceptors (Lipinski definition) is 2. The third-order valence-electron chi connectivity index (χ3n) is 2.46. The van der Waals surface area contributed by atoms with E-state index >= 15 is 0 Å². The minimum Gasteiger partial charge on any atom is -0.381 e. The van der Waals surface area contributed by atoms with E-state index in [1.807, 2.05) is 0 Å². The quantitative estimate of drug-likeness (QED) is 0.572. The molecule has 1 fully saturated rings. The first-order chi connectivity index (χ1) is 5.84. The van der Waals surface area contributed by atoms with Gasteiger partial charge in [0.2, 0.25) is 0 Å². The summed E-state index contributed by atoms with van der Waals surface area (Å²) >= 11 is 0. The maximum absolute atomic E-state index is 5.53. The molecule has 0 amide bonds. The van der Waals surface area contributed by atoms with Crippen LogP contribution in [0.5, 0.6) is 0 Å². The number of ether oxygens (including phenoxy) is 2. The van der Waals surface area contributed by atoms with Crippen LogP contribution in [0.25, 0.3) is 0 Å². The van der Waals surface area contributed by atoms with Gasteiger partial charge in [0.25, 0.3) is 0 Å². The molecule has 1 aliphatic heterocycles. The molecule has 2 nitrogen and oxygen atoms in total. The molecule has 1 heterocycles. The monoisotopic (exact) mass is 172 g/mol. The lowest BCUT2D eigenvalue weighted by Crippen LogP contribution is -2.40. The summed E-state index contributed by atoms with van der Waals surface area (Å²) < 4.78 is 10.8. The average molecular weight is 172 g/mol. The first-order valence-corrected chi connectivity index (χ1v) is 5.04. The van der Waals surface area contributed by atoms with E-state index in [1.54, 1.807) is 0 Å². The Morgan fingerprint density at radius 1 is 1.42 bits per heavy atom. The lowest BCUT2D eigenvalue weighted by molar-refractivity contribution is -0.130. The molecule has 1 aliphatic rings. The summed E-state index contributed by atoms with van der Waals surface area (Å²) in [5.74, 6) is 0.659. The number of unbranched alkanes of at least 4 members (excludes halogenated alkanes) is 2. The van der Waals surface area contributed by atoms with Gasteiger partial charge in [-0.15, -0.1) is 0 Å². The Morgan fingerprint density at radius 3 is 2.75 bits per heavy atom. The van der Waals surface area contributed by atoms with Crippen molar-refractivity contribution in [1.29, 1.82) is 0 Å². The van der Waals surface area contributed by atoms with Crippen LogP contribution in [0.4, 0.5) is 0 Å². The molecule has 0 bridgehead atoms. The first kappa shape index (κ1) is 10.0. The van der Waals surface area contributed by atoms with Crippen LogP contribution in [0.2, 0.25) is 0 Å². The molecule has 0 aromatic heterocycles. The lowest BCUT2D eigenvalue weighted by atomic mass is 10.0. The van der Waals surface area contributed by atoms with Crippen molar-refractivity contribution in [2.75, 3.05) is 19.8 Å². The zero-order valence-electron chi connectivity index (χ0n) is 8.21.